The molecular formula is C40H58O2. The van der Waals surface area contributed by atoms with Crippen LogP contribution >= 0.6 is 0 Å². The molecule has 2 spiro atoms. The lowest BCUT2D eigenvalue weighted by Crippen LogP contribution is -2.58. The largest absolute Gasteiger partial charge is 0.459 e. The molecule has 5 aliphatic carbocycles. The van der Waals surface area contributed by atoms with Crippen molar-refractivity contribution in [3.63, 3.8) is 0 Å². The summed E-state index contributed by atoms with van der Waals surface area (Å²) in [6.45, 7) is 21.9. The molecule has 0 N–H and O–H groups in total. The second-order valence-electron chi connectivity index (χ2n) is 17.0. The Morgan fingerprint density at radius 1 is 0.905 bits per heavy atom. The van der Waals surface area contributed by atoms with E-state index in [-0.39, 0.29) is 17.5 Å². The minimum Gasteiger partial charge on any atom is -0.459 e. The summed E-state index contributed by atoms with van der Waals surface area (Å²) >= 11 is 0. The SMILES string of the molecule is C=C(CCC(C)C1CCC2(C)C3CCC4C(C)(C)C(OC(=O)C=Cc5ccccc5)CCC45CC35CCC12C)C(C)C. The highest BCUT2D eigenvalue weighted by Crippen LogP contribution is 2.89. The molecule has 9 unspecified atom stereocenters. The van der Waals surface area contributed by atoms with Gasteiger partial charge in [-0.2, -0.15) is 0 Å². The Hall–Kier alpha value is -1.83. The summed E-state index contributed by atoms with van der Waals surface area (Å²) in [5, 5.41) is 0. The fourth-order valence-corrected chi connectivity index (χ4v) is 12.3. The van der Waals surface area contributed by atoms with Crippen LogP contribution < -0.4 is 0 Å². The summed E-state index contributed by atoms with van der Waals surface area (Å²) in [5.74, 6) is 3.58. The second kappa shape index (κ2) is 10.4. The van der Waals surface area contributed by atoms with Gasteiger partial charge in [-0.15, -0.1) is 0 Å². The van der Waals surface area contributed by atoms with Crippen molar-refractivity contribution in [1.29, 1.82) is 0 Å². The molecule has 42 heavy (non-hydrogen) atoms. The van der Waals surface area contributed by atoms with E-state index in [1.54, 1.807) is 6.08 Å². The van der Waals surface area contributed by atoms with Gasteiger partial charge in [-0.25, -0.2) is 4.79 Å². The maximum atomic E-state index is 12.9. The Bertz CT molecular complexity index is 1230. The molecule has 0 aliphatic heterocycles. The van der Waals surface area contributed by atoms with Gasteiger partial charge >= 0.3 is 5.97 Å². The summed E-state index contributed by atoms with van der Waals surface area (Å²) < 4.78 is 6.24. The number of allylic oxidation sites excluding steroid dienone is 1. The number of benzene rings is 1. The normalized spacial score (nSPS) is 42.3. The Morgan fingerprint density at radius 2 is 1.60 bits per heavy atom. The van der Waals surface area contributed by atoms with Gasteiger partial charge in [0.15, 0.2) is 0 Å². The van der Waals surface area contributed by atoms with Crippen molar-refractivity contribution in [3.05, 3.63) is 54.1 Å². The van der Waals surface area contributed by atoms with E-state index in [1.165, 1.54) is 69.8 Å². The lowest BCUT2D eigenvalue weighted by atomic mass is 9.41. The third-order valence-electron chi connectivity index (χ3n) is 15.0. The van der Waals surface area contributed by atoms with Crippen LogP contribution in [0.5, 0.6) is 0 Å². The molecule has 0 radical (unpaired) electrons. The maximum Gasteiger partial charge on any atom is 0.331 e. The summed E-state index contributed by atoms with van der Waals surface area (Å²) in [4.78, 5) is 12.9. The molecule has 5 fully saturated rings. The van der Waals surface area contributed by atoms with Crippen LogP contribution in [-0.2, 0) is 9.53 Å². The monoisotopic (exact) mass is 570 g/mol. The van der Waals surface area contributed by atoms with Crippen LogP contribution in [-0.4, -0.2) is 12.1 Å². The molecule has 1 aromatic carbocycles. The quantitative estimate of drug-likeness (QED) is 0.176. The summed E-state index contributed by atoms with van der Waals surface area (Å²) in [5.41, 5.74) is 4.44. The van der Waals surface area contributed by atoms with Crippen LogP contribution in [0.3, 0.4) is 0 Å². The molecule has 6 rings (SSSR count). The molecule has 1 aromatic rings. The predicted octanol–water partition coefficient (Wildman–Crippen LogP) is 10.7. The predicted molar refractivity (Wildman–Crippen MR) is 175 cm³/mol. The van der Waals surface area contributed by atoms with Gasteiger partial charge in [0.1, 0.15) is 6.10 Å². The number of ether oxygens (including phenoxy) is 1. The van der Waals surface area contributed by atoms with E-state index in [9.17, 15) is 4.79 Å². The molecule has 2 heteroatoms. The van der Waals surface area contributed by atoms with Crippen LogP contribution in [0.1, 0.15) is 125 Å². The Balaban J connectivity index is 1.16. The molecule has 0 heterocycles. The highest BCUT2D eigenvalue weighted by Gasteiger charge is 2.82. The first-order valence-electron chi connectivity index (χ1n) is 17.4. The standard InChI is InChI=1S/C40H58O2/c1-27(2)28(3)14-15-29(4)31-20-22-38(8)33-18-17-32-36(5,6)34(42-35(41)19-16-30-12-10-9-11-13-30)21-23-39(32)26-40(33,39)25-24-37(31,38)7/h9-13,16,19,27,29,31-34H,3,14-15,17-18,20-26H2,1-2,4-8H3. The molecule has 0 saturated heterocycles. The van der Waals surface area contributed by atoms with E-state index < -0.39 is 0 Å². The van der Waals surface area contributed by atoms with Gasteiger partial charge in [0, 0.05) is 11.5 Å². The zero-order chi connectivity index (χ0) is 30.1. The van der Waals surface area contributed by atoms with Crippen molar-refractivity contribution in [3.8, 4) is 0 Å². The fraction of sp³-hybridized carbons (Fsp3) is 0.725. The van der Waals surface area contributed by atoms with Crippen molar-refractivity contribution < 1.29 is 9.53 Å². The van der Waals surface area contributed by atoms with Crippen LogP contribution in [0.15, 0.2) is 48.6 Å². The van der Waals surface area contributed by atoms with Crippen molar-refractivity contribution >= 4 is 12.0 Å². The molecule has 230 valence electrons. The summed E-state index contributed by atoms with van der Waals surface area (Å²) in [6, 6.07) is 10.1. The zero-order valence-electron chi connectivity index (χ0n) is 27.8. The van der Waals surface area contributed by atoms with Crippen LogP contribution in [0, 0.1) is 56.7 Å². The topological polar surface area (TPSA) is 26.3 Å². The third kappa shape index (κ3) is 4.34. The van der Waals surface area contributed by atoms with E-state index in [0.717, 1.165) is 29.7 Å². The minimum atomic E-state index is -0.184. The summed E-state index contributed by atoms with van der Waals surface area (Å²) in [7, 11) is 0. The molecule has 0 amide bonds. The molecule has 9 atom stereocenters. The Kier molecular flexibility index (Phi) is 7.46. The van der Waals surface area contributed by atoms with Gasteiger partial charge in [-0.3, -0.25) is 0 Å². The number of carbonyl (C=O) groups excluding carboxylic acids is 1. The van der Waals surface area contributed by atoms with E-state index in [1.807, 2.05) is 36.4 Å². The smallest absolute Gasteiger partial charge is 0.331 e. The zero-order valence-corrected chi connectivity index (χ0v) is 27.8. The third-order valence-corrected chi connectivity index (χ3v) is 15.0. The van der Waals surface area contributed by atoms with Crippen molar-refractivity contribution in [2.24, 2.45) is 56.7 Å². The Morgan fingerprint density at radius 3 is 2.31 bits per heavy atom. The second-order valence-corrected chi connectivity index (χ2v) is 17.0. The van der Waals surface area contributed by atoms with Crippen molar-refractivity contribution in [1.82, 2.24) is 0 Å². The molecule has 0 bridgehead atoms. The summed E-state index contributed by atoms with van der Waals surface area (Å²) in [6.07, 6.45) is 18.1. The van der Waals surface area contributed by atoms with E-state index in [2.05, 4.69) is 55.0 Å². The van der Waals surface area contributed by atoms with Gasteiger partial charge in [-0.05, 0) is 134 Å². The molecule has 0 aromatic heterocycles. The molecular weight excluding hydrogens is 512 g/mol. The van der Waals surface area contributed by atoms with Gasteiger partial charge in [0.25, 0.3) is 0 Å². The van der Waals surface area contributed by atoms with E-state index in [4.69, 9.17) is 4.74 Å². The van der Waals surface area contributed by atoms with Gasteiger partial charge in [-0.1, -0.05) is 91.0 Å². The highest BCUT2D eigenvalue weighted by molar-refractivity contribution is 5.87. The lowest BCUT2D eigenvalue weighted by molar-refractivity contribution is -0.179. The average molecular weight is 571 g/mol. The number of fused-ring (bicyclic) bond motifs is 2. The van der Waals surface area contributed by atoms with Crippen molar-refractivity contribution in [2.45, 2.75) is 125 Å². The van der Waals surface area contributed by atoms with E-state index in [0.29, 0.717) is 33.5 Å². The van der Waals surface area contributed by atoms with E-state index >= 15 is 0 Å². The van der Waals surface area contributed by atoms with Crippen molar-refractivity contribution in [2.75, 3.05) is 0 Å². The molecule has 5 aliphatic rings. The van der Waals surface area contributed by atoms with Crippen LogP contribution in [0.2, 0.25) is 0 Å². The fourth-order valence-electron chi connectivity index (χ4n) is 12.3. The highest BCUT2D eigenvalue weighted by atomic mass is 16.5. The first-order chi connectivity index (χ1) is 19.8. The number of hydrogen-bond acceptors (Lipinski definition) is 2. The van der Waals surface area contributed by atoms with Gasteiger partial charge in [0.2, 0.25) is 0 Å². The number of rotatable bonds is 8. The average Bonchev–Trinajstić information content (AvgIpc) is 3.54. The first-order valence-corrected chi connectivity index (χ1v) is 17.4. The number of carbonyl (C=O) groups is 1. The van der Waals surface area contributed by atoms with Gasteiger partial charge in [0.05, 0.1) is 0 Å². The number of hydrogen-bond donors (Lipinski definition) is 0. The van der Waals surface area contributed by atoms with Gasteiger partial charge < -0.3 is 4.74 Å². The molecule has 5 saturated carbocycles. The minimum absolute atomic E-state index is 0.0111. The first kappa shape index (κ1) is 30.2. The van der Waals surface area contributed by atoms with Crippen LogP contribution in [0.4, 0.5) is 0 Å². The Labute approximate surface area is 257 Å². The molecule has 2 nitrogen and oxygen atoms in total. The lowest BCUT2D eigenvalue weighted by Gasteiger charge is -2.63. The van der Waals surface area contributed by atoms with Crippen LogP contribution in [0.25, 0.3) is 6.08 Å². The maximum absolute atomic E-state index is 12.9. The number of esters is 1.